The van der Waals surface area contributed by atoms with Crippen LogP contribution in [0.3, 0.4) is 0 Å². The maximum Gasteiger partial charge on any atom is 0.243 e. The Labute approximate surface area is 118 Å². The molecule has 1 saturated heterocycles. The number of benzene rings is 1. The fourth-order valence-corrected chi connectivity index (χ4v) is 4.53. The Balaban J connectivity index is 1.85. The third kappa shape index (κ3) is 2.03. The molecule has 1 aromatic rings. The largest absolute Gasteiger partial charge is 0.387 e. The van der Waals surface area contributed by atoms with Crippen LogP contribution in [-0.4, -0.2) is 36.5 Å². The summed E-state index contributed by atoms with van der Waals surface area (Å²) in [6.07, 6.45) is 1.97. The van der Waals surface area contributed by atoms with Crippen LogP contribution in [0, 0.1) is 24.2 Å². The Kier molecular flexibility index (Phi) is 2.91. The van der Waals surface area contributed by atoms with E-state index in [9.17, 15) is 13.5 Å². The number of β-amino-alcohol motifs (C(OH)–C–C–N with tert-alkyl or cyclic N) is 1. The first-order valence-corrected chi connectivity index (χ1v) is 8.04. The number of rotatable bonds is 3. The van der Waals surface area contributed by atoms with Crippen LogP contribution in [0.15, 0.2) is 23.1 Å². The summed E-state index contributed by atoms with van der Waals surface area (Å²) in [5.41, 5.74) is 0.179. The Hall–Kier alpha value is -1.42. The lowest BCUT2D eigenvalue weighted by Gasteiger charge is -2.45. The summed E-state index contributed by atoms with van der Waals surface area (Å²) in [5.74, 6) is 0.260. The fraction of sp³-hybridized carbons (Fsp3) is 0.500. The van der Waals surface area contributed by atoms with E-state index in [1.54, 1.807) is 13.0 Å². The predicted molar refractivity (Wildman–Crippen MR) is 72.3 cm³/mol. The first-order chi connectivity index (χ1) is 9.37. The highest BCUT2D eigenvalue weighted by atomic mass is 32.2. The first kappa shape index (κ1) is 13.6. The van der Waals surface area contributed by atoms with E-state index in [2.05, 4.69) is 0 Å². The van der Waals surface area contributed by atoms with Crippen LogP contribution in [0.1, 0.15) is 24.0 Å². The molecule has 0 aromatic heterocycles. The topological polar surface area (TPSA) is 81.4 Å². The molecule has 106 valence electrons. The second kappa shape index (κ2) is 4.29. The summed E-state index contributed by atoms with van der Waals surface area (Å²) < 4.78 is 26.3. The molecule has 0 radical (unpaired) electrons. The van der Waals surface area contributed by atoms with E-state index in [1.807, 2.05) is 6.07 Å². The molecule has 6 heteroatoms. The van der Waals surface area contributed by atoms with Crippen molar-refractivity contribution < 1.29 is 13.5 Å². The molecule has 20 heavy (non-hydrogen) atoms. The van der Waals surface area contributed by atoms with Gasteiger partial charge >= 0.3 is 0 Å². The molecule has 1 aliphatic carbocycles. The van der Waals surface area contributed by atoms with Crippen LogP contribution in [0.2, 0.25) is 0 Å². The van der Waals surface area contributed by atoms with Crippen LogP contribution >= 0.6 is 0 Å². The van der Waals surface area contributed by atoms with E-state index in [0.717, 1.165) is 12.8 Å². The van der Waals surface area contributed by atoms with Crippen molar-refractivity contribution in [2.75, 3.05) is 13.1 Å². The molecular weight excluding hydrogens is 276 g/mol. The average Bonchev–Trinajstić information content (AvgIpc) is 3.18. The van der Waals surface area contributed by atoms with Gasteiger partial charge in [-0.1, -0.05) is 0 Å². The van der Waals surface area contributed by atoms with E-state index in [-0.39, 0.29) is 23.9 Å². The van der Waals surface area contributed by atoms with Gasteiger partial charge in [0.05, 0.1) is 22.1 Å². The molecule has 0 unspecified atom stereocenters. The SMILES string of the molecule is Cc1cc(C#N)ccc1S(=O)(=O)N1CC(O)(C2CC2)C1. The number of aryl methyl sites for hydroxylation is 1. The van der Waals surface area contributed by atoms with Crippen LogP contribution in [0.25, 0.3) is 0 Å². The van der Waals surface area contributed by atoms with E-state index < -0.39 is 15.6 Å². The van der Waals surface area contributed by atoms with Gasteiger partial charge in [0.1, 0.15) is 0 Å². The van der Waals surface area contributed by atoms with Crippen molar-refractivity contribution in [1.29, 1.82) is 5.26 Å². The number of nitriles is 1. The molecule has 1 aromatic carbocycles. The molecule has 1 saturated carbocycles. The van der Waals surface area contributed by atoms with Gasteiger partial charge in [-0.3, -0.25) is 0 Å². The summed E-state index contributed by atoms with van der Waals surface area (Å²) in [6, 6.07) is 6.54. The van der Waals surface area contributed by atoms with Gasteiger partial charge in [-0.15, -0.1) is 0 Å². The Morgan fingerprint density at radius 1 is 1.40 bits per heavy atom. The molecular formula is C14H16N2O3S. The Bertz CT molecular complexity index is 696. The fourth-order valence-electron chi connectivity index (χ4n) is 2.76. The van der Waals surface area contributed by atoms with Gasteiger partial charge < -0.3 is 5.11 Å². The van der Waals surface area contributed by atoms with E-state index in [4.69, 9.17) is 5.26 Å². The number of hydrogen-bond donors (Lipinski definition) is 1. The quantitative estimate of drug-likeness (QED) is 0.901. The van der Waals surface area contributed by atoms with E-state index in [0.29, 0.717) is 11.1 Å². The maximum atomic E-state index is 12.5. The Morgan fingerprint density at radius 3 is 2.55 bits per heavy atom. The lowest BCUT2D eigenvalue weighted by molar-refractivity contribution is -0.0764. The summed E-state index contributed by atoms with van der Waals surface area (Å²) in [7, 11) is -3.57. The average molecular weight is 292 g/mol. The summed E-state index contributed by atoms with van der Waals surface area (Å²) in [6.45, 7) is 2.04. The van der Waals surface area contributed by atoms with E-state index >= 15 is 0 Å². The normalized spacial score (nSPS) is 22.1. The van der Waals surface area contributed by atoms with Crippen molar-refractivity contribution in [3.63, 3.8) is 0 Å². The molecule has 0 spiro atoms. The molecule has 1 N–H and O–H groups in total. The maximum absolute atomic E-state index is 12.5. The monoisotopic (exact) mass is 292 g/mol. The van der Waals surface area contributed by atoms with Gasteiger partial charge in [0.25, 0.3) is 0 Å². The van der Waals surface area contributed by atoms with Crippen LogP contribution < -0.4 is 0 Å². The number of hydrogen-bond acceptors (Lipinski definition) is 4. The molecule has 0 amide bonds. The standard InChI is InChI=1S/C14H16N2O3S/c1-10-6-11(7-15)2-5-13(10)20(18,19)16-8-14(17,9-16)12-3-4-12/h2,5-6,12,17H,3-4,8-9H2,1H3. The summed E-state index contributed by atoms with van der Waals surface area (Å²) >= 11 is 0. The van der Waals surface area contributed by atoms with Crippen LogP contribution in [0.4, 0.5) is 0 Å². The Morgan fingerprint density at radius 2 is 2.05 bits per heavy atom. The molecule has 2 fully saturated rings. The molecule has 3 rings (SSSR count). The molecule has 5 nitrogen and oxygen atoms in total. The molecule has 0 bridgehead atoms. The molecule has 1 heterocycles. The van der Waals surface area contributed by atoms with E-state index in [1.165, 1.54) is 16.4 Å². The lowest BCUT2D eigenvalue weighted by Crippen LogP contribution is -2.64. The van der Waals surface area contributed by atoms with Gasteiger partial charge in [0, 0.05) is 13.1 Å². The smallest absolute Gasteiger partial charge is 0.243 e. The van der Waals surface area contributed by atoms with Crippen LogP contribution in [0.5, 0.6) is 0 Å². The second-order valence-electron chi connectivity index (χ2n) is 5.74. The zero-order valence-electron chi connectivity index (χ0n) is 11.2. The highest BCUT2D eigenvalue weighted by molar-refractivity contribution is 7.89. The third-order valence-corrected chi connectivity index (χ3v) is 6.11. The number of nitrogens with zero attached hydrogens (tertiary/aromatic N) is 2. The van der Waals surface area contributed by atoms with Gasteiger partial charge in [0.2, 0.25) is 10.0 Å². The van der Waals surface area contributed by atoms with Gasteiger partial charge in [-0.25, -0.2) is 8.42 Å². The van der Waals surface area contributed by atoms with Crippen molar-refractivity contribution >= 4 is 10.0 Å². The lowest BCUT2D eigenvalue weighted by atomic mass is 9.91. The second-order valence-corrected chi connectivity index (χ2v) is 7.65. The third-order valence-electron chi connectivity index (χ3n) is 4.16. The van der Waals surface area contributed by atoms with Crippen molar-refractivity contribution in [2.45, 2.75) is 30.3 Å². The van der Waals surface area contributed by atoms with Gasteiger partial charge in [-0.2, -0.15) is 9.57 Å². The molecule has 1 aliphatic heterocycles. The minimum atomic E-state index is -3.57. The van der Waals surface area contributed by atoms with Crippen molar-refractivity contribution in [2.24, 2.45) is 5.92 Å². The van der Waals surface area contributed by atoms with Crippen molar-refractivity contribution in [3.8, 4) is 6.07 Å². The zero-order valence-corrected chi connectivity index (χ0v) is 12.0. The molecule has 0 atom stereocenters. The number of aliphatic hydroxyl groups is 1. The summed E-state index contributed by atoms with van der Waals surface area (Å²) in [4.78, 5) is 0.217. The van der Waals surface area contributed by atoms with Crippen molar-refractivity contribution in [1.82, 2.24) is 4.31 Å². The zero-order chi connectivity index (χ0) is 14.5. The highest BCUT2D eigenvalue weighted by Gasteiger charge is 2.55. The van der Waals surface area contributed by atoms with Gasteiger partial charge in [0.15, 0.2) is 0 Å². The number of sulfonamides is 1. The first-order valence-electron chi connectivity index (χ1n) is 6.60. The van der Waals surface area contributed by atoms with Crippen molar-refractivity contribution in [3.05, 3.63) is 29.3 Å². The highest BCUT2D eigenvalue weighted by Crippen LogP contribution is 2.46. The predicted octanol–water partition coefficient (Wildman–Crippen LogP) is 1.01. The van der Waals surface area contributed by atoms with Crippen LogP contribution in [-0.2, 0) is 10.0 Å². The minimum absolute atomic E-state index is 0.180. The minimum Gasteiger partial charge on any atom is -0.387 e. The van der Waals surface area contributed by atoms with Gasteiger partial charge in [-0.05, 0) is 49.4 Å². The summed E-state index contributed by atoms with van der Waals surface area (Å²) in [5, 5.41) is 19.0. The molecule has 2 aliphatic rings.